The minimum atomic E-state index is -3.43. The molecule has 1 spiro atoms. The third-order valence-electron chi connectivity index (χ3n) is 6.47. The topological polar surface area (TPSA) is 62.7 Å². The molecule has 0 N–H and O–H groups in total. The van der Waals surface area contributed by atoms with Gasteiger partial charge in [0.15, 0.2) is 0 Å². The van der Waals surface area contributed by atoms with Crippen molar-refractivity contribution in [1.82, 2.24) is 14.2 Å². The second-order valence-electron chi connectivity index (χ2n) is 8.86. The Morgan fingerprint density at radius 1 is 1.20 bits per heavy atom. The quantitative estimate of drug-likeness (QED) is 0.706. The van der Waals surface area contributed by atoms with Crippen LogP contribution >= 0.6 is 0 Å². The number of rotatable bonds is 6. The highest BCUT2D eigenvalue weighted by Crippen LogP contribution is 2.43. The van der Waals surface area contributed by atoms with E-state index in [4.69, 9.17) is 4.74 Å². The standard InChI is InChI=1S/C23H31N3O3S/c1-19-6-3-4-8-22(19)30(27,28)26-12-9-23(10-13-26)14-21(29-18-23)17-25(2)16-20-7-5-11-24-15-20/h3-8,11,15,21H,9-10,12-14,16-18H2,1-2H3/t21-/m0/s1. The average molecular weight is 430 g/mol. The largest absolute Gasteiger partial charge is 0.376 e. The summed E-state index contributed by atoms with van der Waals surface area (Å²) >= 11 is 0. The van der Waals surface area contributed by atoms with E-state index in [9.17, 15) is 8.42 Å². The molecule has 30 heavy (non-hydrogen) atoms. The first-order valence-corrected chi connectivity index (χ1v) is 12.1. The Balaban J connectivity index is 1.32. The van der Waals surface area contributed by atoms with Crippen molar-refractivity contribution in [2.24, 2.45) is 5.41 Å². The third kappa shape index (κ3) is 4.59. The van der Waals surface area contributed by atoms with Crippen LogP contribution in [0.1, 0.15) is 30.4 Å². The molecule has 0 saturated carbocycles. The minimum absolute atomic E-state index is 0.109. The number of hydrogen-bond acceptors (Lipinski definition) is 5. The van der Waals surface area contributed by atoms with Crippen LogP contribution in [-0.4, -0.2) is 62.0 Å². The molecule has 0 radical (unpaired) electrons. The molecular weight excluding hydrogens is 398 g/mol. The summed E-state index contributed by atoms with van der Waals surface area (Å²) in [4.78, 5) is 6.89. The van der Waals surface area contributed by atoms with Gasteiger partial charge in [0.2, 0.25) is 10.0 Å². The van der Waals surface area contributed by atoms with Crippen LogP contribution in [-0.2, 0) is 21.3 Å². The number of benzene rings is 1. The van der Waals surface area contributed by atoms with Crippen LogP contribution in [0, 0.1) is 12.3 Å². The minimum Gasteiger partial charge on any atom is -0.376 e. The lowest BCUT2D eigenvalue weighted by Crippen LogP contribution is -2.43. The van der Waals surface area contributed by atoms with Crippen molar-refractivity contribution in [2.75, 3.05) is 33.3 Å². The normalized spacial score (nSPS) is 22.0. The highest BCUT2D eigenvalue weighted by Gasteiger charge is 2.44. The number of hydrogen-bond donors (Lipinski definition) is 0. The van der Waals surface area contributed by atoms with Crippen molar-refractivity contribution < 1.29 is 13.2 Å². The first-order chi connectivity index (χ1) is 14.4. The molecule has 1 atom stereocenters. The van der Waals surface area contributed by atoms with Gasteiger partial charge in [-0.15, -0.1) is 0 Å². The molecule has 2 fully saturated rings. The highest BCUT2D eigenvalue weighted by molar-refractivity contribution is 7.89. The second kappa shape index (κ2) is 8.75. The molecule has 2 aliphatic heterocycles. The molecule has 162 valence electrons. The summed E-state index contributed by atoms with van der Waals surface area (Å²) < 4.78 is 34.0. The molecule has 0 aliphatic carbocycles. The van der Waals surface area contributed by atoms with Crippen LogP contribution in [0.5, 0.6) is 0 Å². The van der Waals surface area contributed by atoms with Crippen molar-refractivity contribution >= 4 is 10.0 Å². The molecule has 4 rings (SSSR count). The van der Waals surface area contributed by atoms with E-state index >= 15 is 0 Å². The van der Waals surface area contributed by atoms with E-state index in [-0.39, 0.29) is 11.5 Å². The molecule has 7 heteroatoms. The van der Waals surface area contributed by atoms with E-state index in [2.05, 4.69) is 23.0 Å². The van der Waals surface area contributed by atoms with E-state index < -0.39 is 10.0 Å². The number of ether oxygens (including phenoxy) is 1. The Kier molecular flexibility index (Phi) is 6.25. The summed E-state index contributed by atoms with van der Waals surface area (Å²) in [6.45, 7) is 5.45. The zero-order chi connectivity index (χ0) is 21.2. The molecule has 2 aromatic rings. The summed E-state index contributed by atoms with van der Waals surface area (Å²) in [5.41, 5.74) is 2.11. The van der Waals surface area contributed by atoms with Gasteiger partial charge in [-0.05, 0) is 61.9 Å². The predicted octanol–water partition coefficient (Wildman–Crippen LogP) is 3.08. The van der Waals surface area contributed by atoms with E-state index in [0.29, 0.717) is 18.0 Å². The molecule has 0 unspecified atom stereocenters. The zero-order valence-corrected chi connectivity index (χ0v) is 18.6. The molecule has 0 amide bonds. The van der Waals surface area contributed by atoms with Gasteiger partial charge in [0.05, 0.1) is 17.6 Å². The lowest BCUT2D eigenvalue weighted by Gasteiger charge is -2.38. The van der Waals surface area contributed by atoms with E-state index in [1.165, 1.54) is 5.56 Å². The smallest absolute Gasteiger partial charge is 0.243 e. The molecule has 3 heterocycles. The summed E-state index contributed by atoms with van der Waals surface area (Å²) in [7, 11) is -1.32. The molecule has 0 bridgehead atoms. The zero-order valence-electron chi connectivity index (χ0n) is 17.8. The molecule has 6 nitrogen and oxygen atoms in total. The molecule has 2 aliphatic rings. The second-order valence-corrected chi connectivity index (χ2v) is 10.8. The fourth-order valence-electron chi connectivity index (χ4n) is 4.76. The Labute approximate surface area is 179 Å². The number of aryl methyl sites for hydroxylation is 1. The number of likely N-dealkylation sites (N-methyl/N-ethyl adjacent to an activating group) is 1. The Hall–Kier alpha value is -1.80. The lowest BCUT2D eigenvalue weighted by atomic mass is 9.77. The Morgan fingerprint density at radius 3 is 2.67 bits per heavy atom. The summed E-state index contributed by atoms with van der Waals surface area (Å²) in [5.74, 6) is 0. The Morgan fingerprint density at radius 2 is 1.97 bits per heavy atom. The number of sulfonamides is 1. The van der Waals surface area contributed by atoms with Crippen LogP contribution in [0.15, 0.2) is 53.7 Å². The summed E-state index contributed by atoms with van der Waals surface area (Å²) in [5, 5.41) is 0. The Bertz CT molecular complexity index is 957. The molecule has 1 aromatic carbocycles. The van der Waals surface area contributed by atoms with Gasteiger partial charge in [0.25, 0.3) is 0 Å². The number of piperidine rings is 1. The van der Waals surface area contributed by atoms with Gasteiger partial charge in [-0.2, -0.15) is 4.31 Å². The van der Waals surface area contributed by atoms with Crippen molar-refractivity contribution in [1.29, 1.82) is 0 Å². The van der Waals surface area contributed by atoms with Gasteiger partial charge >= 0.3 is 0 Å². The highest BCUT2D eigenvalue weighted by atomic mass is 32.2. The van der Waals surface area contributed by atoms with E-state index in [1.807, 2.05) is 31.3 Å². The monoisotopic (exact) mass is 429 g/mol. The maximum absolute atomic E-state index is 13.1. The fraction of sp³-hybridized carbons (Fsp3) is 0.522. The number of pyridine rings is 1. The van der Waals surface area contributed by atoms with Gasteiger partial charge in [0.1, 0.15) is 0 Å². The third-order valence-corrected chi connectivity index (χ3v) is 8.53. The van der Waals surface area contributed by atoms with Gasteiger partial charge in [0, 0.05) is 38.6 Å². The van der Waals surface area contributed by atoms with Crippen molar-refractivity contribution in [3.63, 3.8) is 0 Å². The van der Waals surface area contributed by atoms with Gasteiger partial charge < -0.3 is 4.74 Å². The van der Waals surface area contributed by atoms with Gasteiger partial charge in [-0.3, -0.25) is 9.88 Å². The summed E-state index contributed by atoms with van der Waals surface area (Å²) in [6.07, 6.45) is 6.62. The van der Waals surface area contributed by atoms with Crippen LogP contribution in [0.25, 0.3) is 0 Å². The molecule has 2 saturated heterocycles. The first kappa shape index (κ1) is 21.4. The molecular formula is C23H31N3O3S. The van der Waals surface area contributed by atoms with E-state index in [1.54, 1.807) is 22.6 Å². The maximum atomic E-state index is 13.1. The van der Waals surface area contributed by atoms with Crippen LogP contribution < -0.4 is 0 Å². The van der Waals surface area contributed by atoms with Gasteiger partial charge in [-0.25, -0.2) is 8.42 Å². The average Bonchev–Trinajstić information content (AvgIpc) is 3.11. The predicted molar refractivity (Wildman–Crippen MR) is 117 cm³/mol. The van der Waals surface area contributed by atoms with Crippen LogP contribution in [0.3, 0.4) is 0 Å². The summed E-state index contributed by atoms with van der Waals surface area (Å²) in [6, 6.07) is 11.3. The van der Waals surface area contributed by atoms with Crippen molar-refractivity contribution in [3.8, 4) is 0 Å². The fourth-order valence-corrected chi connectivity index (χ4v) is 6.43. The molecule has 1 aromatic heterocycles. The van der Waals surface area contributed by atoms with Crippen LogP contribution in [0.4, 0.5) is 0 Å². The SMILES string of the molecule is Cc1ccccc1S(=O)(=O)N1CCC2(CC1)CO[C@H](CN(C)Cc1cccnc1)C2. The number of aromatic nitrogens is 1. The van der Waals surface area contributed by atoms with Crippen LogP contribution in [0.2, 0.25) is 0 Å². The van der Waals surface area contributed by atoms with Gasteiger partial charge in [-0.1, -0.05) is 24.3 Å². The van der Waals surface area contributed by atoms with E-state index in [0.717, 1.165) is 44.5 Å². The van der Waals surface area contributed by atoms with Crippen molar-refractivity contribution in [3.05, 3.63) is 59.9 Å². The first-order valence-electron chi connectivity index (χ1n) is 10.6. The lowest BCUT2D eigenvalue weighted by molar-refractivity contribution is 0.0618. The number of nitrogens with zero attached hydrogens (tertiary/aromatic N) is 3. The van der Waals surface area contributed by atoms with Crippen molar-refractivity contribution in [2.45, 2.75) is 43.7 Å². The maximum Gasteiger partial charge on any atom is 0.243 e.